The van der Waals surface area contributed by atoms with E-state index in [0.717, 1.165) is 16.4 Å². The zero-order valence-electron chi connectivity index (χ0n) is 19.1. The van der Waals surface area contributed by atoms with Gasteiger partial charge in [0.2, 0.25) is 17.4 Å². The number of β-lactam (4-membered cyclic amide) rings is 1. The van der Waals surface area contributed by atoms with Gasteiger partial charge in [0.25, 0.3) is 11.8 Å². The van der Waals surface area contributed by atoms with Crippen LogP contribution in [0, 0.1) is 0 Å². The molecule has 4 rings (SSSR count). The summed E-state index contributed by atoms with van der Waals surface area (Å²) in [5, 5.41) is 23.7. The second-order valence-corrected chi connectivity index (χ2v) is 10.0. The van der Waals surface area contributed by atoms with Crippen LogP contribution in [0.2, 0.25) is 0 Å². The Hall–Kier alpha value is -3.83. The molecule has 0 aliphatic carbocycles. The van der Waals surface area contributed by atoms with Crippen molar-refractivity contribution in [2.75, 3.05) is 24.6 Å². The van der Waals surface area contributed by atoms with Crippen molar-refractivity contribution in [3.8, 4) is 0 Å². The summed E-state index contributed by atoms with van der Waals surface area (Å²) in [7, 11) is 0. The lowest BCUT2D eigenvalue weighted by Gasteiger charge is -2.49. The quantitative estimate of drug-likeness (QED) is 0.0567. The summed E-state index contributed by atoms with van der Waals surface area (Å²) in [4.78, 5) is 68.0. The summed E-state index contributed by atoms with van der Waals surface area (Å²) in [5.74, 6) is -3.46. The molecule has 15 nitrogen and oxygen atoms in total. The van der Waals surface area contributed by atoms with Crippen LogP contribution in [0.25, 0.3) is 0 Å². The summed E-state index contributed by atoms with van der Waals surface area (Å²) >= 11 is 1.98. The number of nitrogens with one attached hydrogen (secondary N) is 1. The highest BCUT2D eigenvalue weighted by atomic mass is 32.2. The number of nitrogen functional groups attached to an aromatic ring is 1. The standard InChI is InChI=1S/C20H22N8O7S2/c21-3-1-10(6-29)27-4-2-8(16(27)31)5-9-7-36-18-12(17(32)28(18)13(9)19(33)34)23-15(30)11(25-35)14-24-20(22)37-26-14/h5-6,10,12,18,35H,1-4,7,21H2,(H,23,30)(H,33,34)(H2,22,24,26)/b8-5+,25-11-/t10-,12-,18-/m1/s1. The topological polar surface area (TPSA) is 234 Å². The number of aliphatic carboxylic acids is 1. The first-order valence-corrected chi connectivity index (χ1v) is 12.7. The zero-order valence-corrected chi connectivity index (χ0v) is 20.7. The lowest BCUT2D eigenvalue weighted by atomic mass is 10.0. The largest absolute Gasteiger partial charge is 0.477 e. The fraction of sp³-hybridized carbons (Fsp3) is 0.400. The summed E-state index contributed by atoms with van der Waals surface area (Å²) in [5.41, 5.74) is 10.8. The van der Waals surface area contributed by atoms with Crippen LogP contribution in [0.5, 0.6) is 0 Å². The number of carbonyl (C=O) groups excluding carboxylic acids is 4. The van der Waals surface area contributed by atoms with Crippen LogP contribution in [0.1, 0.15) is 18.7 Å². The molecule has 0 bridgehead atoms. The first-order chi connectivity index (χ1) is 17.7. The maximum Gasteiger partial charge on any atom is 0.352 e. The Kier molecular flexibility index (Phi) is 7.55. The molecule has 0 spiro atoms. The summed E-state index contributed by atoms with van der Waals surface area (Å²) in [6.45, 7) is 0.526. The van der Waals surface area contributed by atoms with E-state index in [9.17, 15) is 34.3 Å². The molecule has 3 amide bonds. The number of aldehydes is 1. The fourth-order valence-corrected chi connectivity index (χ4v) is 5.99. The van der Waals surface area contributed by atoms with Gasteiger partial charge in [0.1, 0.15) is 23.4 Å². The molecule has 37 heavy (non-hydrogen) atoms. The molecule has 4 heterocycles. The minimum Gasteiger partial charge on any atom is -0.477 e. The number of carboxylic acids is 1. The molecule has 196 valence electrons. The molecule has 0 unspecified atom stereocenters. The number of amides is 3. The van der Waals surface area contributed by atoms with Gasteiger partial charge in [-0.3, -0.25) is 19.3 Å². The van der Waals surface area contributed by atoms with Crippen LogP contribution in [-0.4, -0.2) is 101 Å². The third kappa shape index (κ3) is 4.79. The van der Waals surface area contributed by atoms with E-state index in [2.05, 4.69) is 19.8 Å². The number of rotatable bonds is 9. The van der Waals surface area contributed by atoms with E-state index in [1.165, 1.54) is 22.7 Å². The highest BCUT2D eigenvalue weighted by Crippen LogP contribution is 2.41. The van der Waals surface area contributed by atoms with Crippen LogP contribution in [-0.2, 0) is 24.0 Å². The van der Waals surface area contributed by atoms with Crippen molar-refractivity contribution in [3.05, 3.63) is 28.7 Å². The van der Waals surface area contributed by atoms with E-state index in [1.54, 1.807) is 0 Å². The number of oxime groups is 1. The molecule has 2 fully saturated rings. The van der Waals surface area contributed by atoms with Crippen LogP contribution in [0.15, 0.2) is 28.1 Å². The molecule has 3 aliphatic heterocycles. The average Bonchev–Trinajstić information content (AvgIpc) is 3.46. The number of anilines is 1. The van der Waals surface area contributed by atoms with Gasteiger partial charge in [0, 0.05) is 29.4 Å². The van der Waals surface area contributed by atoms with Crippen molar-refractivity contribution in [1.29, 1.82) is 0 Å². The van der Waals surface area contributed by atoms with Crippen molar-refractivity contribution < 1.29 is 34.3 Å². The number of carboxylic acid groups (broad SMARTS) is 1. The fourth-order valence-electron chi connectivity index (χ4n) is 4.25. The van der Waals surface area contributed by atoms with E-state index in [4.69, 9.17) is 11.5 Å². The number of likely N-dealkylation sites (tertiary alicyclic amines) is 1. The smallest absolute Gasteiger partial charge is 0.352 e. The van der Waals surface area contributed by atoms with Crippen molar-refractivity contribution in [2.24, 2.45) is 10.9 Å². The number of hydrogen-bond acceptors (Lipinski definition) is 13. The van der Waals surface area contributed by atoms with Gasteiger partial charge in [-0.1, -0.05) is 5.16 Å². The van der Waals surface area contributed by atoms with Crippen LogP contribution in [0.4, 0.5) is 5.13 Å². The highest BCUT2D eigenvalue weighted by molar-refractivity contribution is 8.00. The van der Waals surface area contributed by atoms with E-state index >= 15 is 0 Å². The van der Waals surface area contributed by atoms with Gasteiger partial charge >= 0.3 is 5.97 Å². The first-order valence-electron chi connectivity index (χ1n) is 10.9. The monoisotopic (exact) mass is 550 g/mol. The maximum atomic E-state index is 12.9. The molecule has 0 aromatic carbocycles. The molecule has 3 atom stereocenters. The van der Waals surface area contributed by atoms with E-state index in [-0.39, 0.29) is 40.4 Å². The number of hydrogen-bond donors (Lipinski definition) is 5. The highest BCUT2D eigenvalue weighted by Gasteiger charge is 2.54. The third-order valence-corrected chi connectivity index (χ3v) is 7.83. The lowest BCUT2D eigenvalue weighted by Crippen LogP contribution is -2.71. The molecule has 1 aromatic heterocycles. The Labute approximate surface area is 217 Å². The van der Waals surface area contributed by atoms with Gasteiger partial charge in [0.15, 0.2) is 5.13 Å². The van der Waals surface area contributed by atoms with Crippen LogP contribution < -0.4 is 16.8 Å². The number of nitrogens with zero attached hydrogens (tertiary/aromatic N) is 5. The predicted molar refractivity (Wildman–Crippen MR) is 130 cm³/mol. The van der Waals surface area contributed by atoms with Gasteiger partial charge in [-0.05, 0) is 31.0 Å². The minimum atomic E-state index is -1.37. The Morgan fingerprint density at radius 2 is 2.11 bits per heavy atom. The molecule has 2 saturated heterocycles. The molecule has 0 radical (unpaired) electrons. The Bertz CT molecular complexity index is 1260. The Morgan fingerprint density at radius 3 is 2.70 bits per heavy atom. The predicted octanol–water partition coefficient (Wildman–Crippen LogP) is -1.89. The van der Waals surface area contributed by atoms with Gasteiger partial charge < -0.3 is 36.8 Å². The maximum absolute atomic E-state index is 12.9. The summed E-state index contributed by atoms with van der Waals surface area (Å²) < 4.78 is 3.80. The van der Waals surface area contributed by atoms with Gasteiger partial charge in [-0.25, -0.2) is 4.79 Å². The normalized spacial score (nSPS) is 23.7. The summed E-state index contributed by atoms with van der Waals surface area (Å²) in [6.07, 6.45) is 2.74. The molecule has 1 aromatic rings. The number of aromatic nitrogens is 2. The summed E-state index contributed by atoms with van der Waals surface area (Å²) in [6, 6.07) is -1.76. The van der Waals surface area contributed by atoms with Crippen molar-refractivity contribution in [2.45, 2.75) is 30.3 Å². The molecular weight excluding hydrogens is 528 g/mol. The van der Waals surface area contributed by atoms with Gasteiger partial charge in [-0.2, -0.15) is 9.36 Å². The molecular formula is C20H22N8O7S2. The van der Waals surface area contributed by atoms with Crippen molar-refractivity contribution >= 4 is 64.1 Å². The molecule has 0 saturated carbocycles. The minimum absolute atomic E-state index is 0.0421. The number of thioether (sulfide) groups is 1. The molecule has 7 N–H and O–H groups in total. The second kappa shape index (κ2) is 10.7. The Balaban J connectivity index is 1.53. The second-order valence-electron chi connectivity index (χ2n) is 8.14. The first kappa shape index (κ1) is 26.2. The van der Waals surface area contributed by atoms with E-state index in [1.807, 2.05) is 0 Å². The van der Waals surface area contributed by atoms with E-state index < -0.39 is 41.0 Å². The van der Waals surface area contributed by atoms with Crippen LogP contribution >= 0.6 is 23.3 Å². The number of fused-ring (bicyclic) bond motifs is 1. The zero-order chi connectivity index (χ0) is 26.9. The third-order valence-electron chi connectivity index (χ3n) is 5.98. The Morgan fingerprint density at radius 1 is 1.35 bits per heavy atom. The van der Waals surface area contributed by atoms with Crippen molar-refractivity contribution in [1.82, 2.24) is 24.5 Å². The van der Waals surface area contributed by atoms with Crippen LogP contribution in [0.3, 0.4) is 0 Å². The number of nitrogens with two attached hydrogens (primary N) is 2. The van der Waals surface area contributed by atoms with E-state index in [0.29, 0.717) is 31.2 Å². The van der Waals surface area contributed by atoms with Gasteiger partial charge in [0.05, 0.1) is 6.04 Å². The lowest BCUT2D eigenvalue weighted by molar-refractivity contribution is -0.150. The number of carbonyl (C=O) groups is 5. The SMILES string of the molecule is NCC[C@H](C=O)N1CC/C(=C\C2=C(C(=O)O)N3C(=O)[C@@H](NC(=O)/C(=N\O)c4nsc(N)n4)[C@H]3SC2)C1=O. The molecule has 3 aliphatic rings. The molecule has 17 heteroatoms. The number of allylic oxidation sites excluding steroid dienone is 1. The van der Waals surface area contributed by atoms with Crippen molar-refractivity contribution in [3.63, 3.8) is 0 Å². The van der Waals surface area contributed by atoms with Gasteiger partial charge in [-0.15, -0.1) is 11.8 Å². The average molecular weight is 551 g/mol.